The van der Waals surface area contributed by atoms with Crippen LogP contribution in [0.25, 0.3) is 0 Å². The van der Waals surface area contributed by atoms with Gasteiger partial charge in [0.1, 0.15) is 10.7 Å². The van der Waals surface area contributed by atoms with Crippen molar-refractivity contribution in [2.75, 3.05) is 24.1 Å². The largest absolute Gasteiger partial charge is 0.382 e. The van der Waals surface area contributed by atoms with Crippen LogP contribution in [0.2, 0.25) is 0 Å². The van der Waals surface area contributed by atoms with Gasteiger partial charge in [0.05, 0.1) is 0 Å². The quantitative estimate of drug-likeness (QED) is 0.845. The zero-order valence-corrected chi connectivity index (χ0v) is 11.6. The van der Waals surface area contributed by atoms with Crippen LogP contribution in [0.15, 0.2) is 0 Å². The molecule has 0 aliphatic carbocycles. The monoisotopic (exact) mass is 256 g/mol. The van der Waals surface area contributed by atoms with Crippen molar-refractivity contribution in [3.05, 3.63) is 4.88 Å². The van der Waals surface area contributed by atoms with Crippen LogP contribution in [0, 0.1) is 0 Å². The molecular weight excluding hydrogens is 236 g/mol. The van der Waals surface area contributed by atoms with Gasteiger partial charge in [-0.1, -0.05) is 11.3 Å². The highest BCUT2D eigenvalue weighted by Crippen LogP contribution is 2.26. The second kappa shape index (κ2) is 5.86. The standard InChI is InChI=1S/C11H20N4OS/c1-5-13-11-14-9(12)8(17-11)10(16)15(6-2)7(3)4/h7H,5-6,12H2,1-4H3,(H,13,14). The number of anilines is 2. The number of aromatic nitrogens is 1. The molecular formula is C11H20N4OS. The van der Waals surface area contributed by atoms with Crippen molar-refractivity contribution in [3.8, 4) is 0 Å². The van der Waals surface area contributed by atoms with Crippen LogP contribution in [-0.4, -0.2) is 34.9 Å². The lowest BCUT2D eigenvalue weighted by Crippen LogP contribution is -2.36. The summed E-state index contributed by atoms with van der Waals surface area (Å²) in [7, 11) is 0. The van der Waals surface area contributed by atoms with Crippen molar-refractivity contribution >= 4 is 28.2 Å². The number of nitrogen functional groups attached to an aromatic ring is 1. The topological polar surface area (TPSA) is 71.2 Å². The lowest BCUT2D eigenvalue weighted by molar-refractivity contribution is 0.0722. The van der Waals surface area contributed by atoms with Gasteiger partial charge in [-0.2, -0.15) is 0 Å². The molecule has 6 heteroatoms. The van der Waals surface area contributed by atoms with Crippen LogP contribution in [0.3, 0.4) is 0 Å². The summed E-state index contributed by atoms with van der Waals surface area (Å²) in [6, 6.07) is 0.164. The Labute approximate surface area is 106 Å². The number of thiazole rings is 1. The zero-order chi connectivity index (χ0) is 13.0. The number of amides is 1. The van der Waals surface area contributed by atoms with E-state index < -0.39 is 0 Å². The SMILES string of the molecule is CCNc1nc(N)c(C(=O)N(CC)C(C)C)s1. The molecule has 1 heterocycles. The molecule has 0 saturated heterocycles. The molecule has 0 saturated carbocycles. The van der Waals surface area contributed by atoms with Crippen molar-refractivity contribution in [1.82, 2.24) is 9.88 Å². The van der Waals surface area contributed by atoms with Crippen molar-refractivity contribution < 1.29 is 4.79 Å². The van der Waals surface area contributed by atoms with Crippen molar-refractivity contribution in [1.29, 1.82) is 0 Å². The number of carbonyl (C=O) groups excluding carboxylic acids is 1. The smallest absolute Gasteiger partial charge is 0.268 e. The molecule has 96 valence electrons. The van der Waals surface area contributed by atoms with Gasteiger partial charge in [-0.3, -0.25) is 4.79 Å². The van der Waals surface area contributed by atoms with Gasteiger partial charge in [-0.15, -0.1) is 0 Å². The van der Waals surface area contributed by atoms with E-state index in [4.69, 9.17) is 5.73 Å². The fraction of sp³-hybridized carbons (Fsp3) is 0.636. The molecule has 0 aromatic carbocycles. The molecule has 0 atom stereocenters. The Morgan fingerprint density at radius 2 is 2.18 bits per heavy atom. The Balaban J connectivity index is 2.95. The molecule has 0 bridgehead atoms. The first-order chi connectivity index (χ1) is 8.01. The summed E-state index contributed by atoms with van der Waals surface area (Å²) >= 11 is 1.31. The average molecular weight is 256 g/mol. The highest BCUT2D eigenvalue weighted by Gasteiger charge is 2.22. The molecule has 1 aromatic rings. The van der Waals surface area contributed by atoms with Gasteiger partial charge in [0, 0.05) is 19.1 Å². The van der Waals surface area contributed by atoms with Gasteiger partial charge in [-0.05, 0) is 27.7 Å². The van der Waals surface area contributed by atoms with Gasteiger partial charge < -0.3 is 16.0 Å². The normalized spacial score (nSPS) is 10.6. The molecule has 0 aliphatic heterocycles. The van der Waals surface area contributed by atoms with Crippen molar-refractivity contribution in [2.24, 2.45) is 0 Å². The third-order valence-corrected chi connectivity index (χ3v) is 3.42. The van der Waals surface area contributed by atoms with E-state index in [0.717, 1.165) is 6.54 Å². The molecule has 0 fully saturated rings. The molecule has 0 aliphatic rings. The van der Waals surface area contributed by atoms with E-state index in [0.29, 0.717) is 22.4 Å². The Hall–Kier alpha value is -1.30. The van der Waals surface area contributed by atoms with E-state index in [1.54, 1.807) is 4.90 Å². The second-order valence-electron chi connectivity index (χ2n) is 3.95. The summed E-state index contributed by atoms with van der Waals surface area (Å²) in [6.07, 6.45) is 0. The molecule has 0 unspecified atom stereocenters. The van der Waals surface area contributed by atoms with Gasteiger partial charge in [0.25, 0.3) is 5.91 Å². The second-order valence-corrected chi connectivity index (χ2v) is 4.95. The van der Waals surface area contributed by atoms with Gasteiger partial charge in [-0.25, -0.2) is 4.98 Å². The average Bonchev–Trinajstić information content (AvgIpc) is 2.60. The van der Waals surface area contributed by atoms with E-state index >= 15 is 0 Å². The molecule has 3 N–H and O–H groups in total. The predicted octanol–water partition coefficient (Wildman–Crippen LogP) is 2.03. The molecule has 0 spiro atoms. The number of hydrogen-bond acceptors (Lipinski definition) is 5. The summed E-state index contributed by atoms with van der Waals surface area (Å²) in [4.78, 5) is 18.7. The van der Waals surface area contributed by atoms with Gasteiger partial charge >= 0.3 is 0 Å². The minimum absolute atomic E-state index is 0.0401. The third-order valence-electron chi connectivity index (χ3n) is 2.40. The molecule has 0 radical (unpaired) electrons. The van der Waals surface area contributed by atoms with E-state index in [1.165, 1.54) is 11.3 Å². The first-order valence-electron chi connectivity index (χ1n) is 5.82. The van der Waals surface area contributed by atoms with Gasteiger partial charge in [0.2, 0.25) is 0 Å². The number of nitrogens with two attached hydrogens (primary N) is 1. The minimum Gasteiger partial charge on any atom is -0.382 e. The first kappa shape index (κ1) is 13.8. The van der Waals surface area contributed by atoms with Crippen LogP contribution in [0.5, 0.6) is 0 Å². The molecule has 17 heavy (non-hydrogen) atoms. The van der Waals surface area contributed by atoms with Crippen LogP contribution >= 0.6 is 11.3 Å². The maximum atomic E-state index is 12.2. The highest BCUT2D eigenvalue weighted by atomic mass is 32.1. The summed E-state index contributed by atoms with van der Waals surface area (Å²) in [5.41, 5.74) is 5.78. The first-order valence-corrected chi connectivity index (χ1v) is 6.64. The number of nitrogens with one attached hydrogen (secondary N) is 1. The zero-order valence-electron chi connectivity index (χ0n) is 10.8. The predicted molar refractivity (Wildman–Crippen MR) is 72.5 cm³/mol. The number of rotatable bonds is 5. The number of carbonyl (C=O) groups is 1. The van der Waals surface area contributed by atoms with Crippen molar-refractivity contribution in [2.45, 2.75) is 33.7 Å². The van der Waals surface area contributed by atoms with E-state index in [1.807, 2.05) is 27.7 Å². The Morgan fingerprint density at radius 1 is 1.53 bits per heavy atom. The van der Waals surface area contributed by atoms with Crippen LogP contribution in [0.4, 0.5) is 10.9 Å². The van der Waals surface area contributed by atoms with E-state index in [2.05, 4.69) is 10.3 Å². The van der Waals surface area contributed by atoms with Crippen LogP contribution < -0.4 is 11.1 Å². The molecule has 1 amide bonds. The number of hydrogen-bond donors (Lipinski definition) is 2. The van der Waals surface area contributed by atoms with E-state index in [9.17, 15) is 4.79 Å². The highest BCUT2D eigenvalue weighted by molar-refractivity contribution is 7.18. The Kier molecular flexibility index (Phi) is 4.74. The van der Waals surface area contributed by atoms with Crippen LogP contribution in [0.1, 0.15) is 37.4 Å². The summed E-state index contributed by atoms with van der Waals surface area (Å²) in [6.45, 7) is 9.35. The minimum atomic E-state index is -0.0401. The number of nitrogens with zero attached hydrogens (tertiary/aromatic N) is 2. The Morgan fingerprint density at radius 3 is 2.65 bits per heavy atom. The molecule has 1 rings (SSSR count). The maximum absolute atomic E-state index is 12.2. The lowest BCUT2D eigenvalue weighted by Gasteiger charge is -2.24. The molecule has 5 nitrogen and oxygen atoms in total. The summed E-state index contributed by atoms with van der Waals surface area (Å²) in [5, 5.41) is 3.77. The maximum Gasteiger partial charge on any atom is 0.268 e. The molecule has 1 aromatic heterocycles. The Bertz CT molecular complexity index is 389. The third kappa shape index (κ3) is 3.09. The van der Waals surface area contributed by atoms with E-state index in [-0.39, 0.29) is 11.9 Å². The van der Waals surface area contributed by atoms with Crippen molar-refractivity contribution in [3.63, 3.8) is 0 Å². The fourth-order valence-corrected chi connectivity index (χ4v) is 2.49. The fourth-order valence-electron chi connectivity index (χ4n) is 1.59. The van der Waals surface area contributed by atoms with Crippen LogP contribution in [-0.2, 0) is 0 Å². The summed E-state index contributed by atoms with van der Waals surface area (Å²) in [5.74, 6) is 0.275. The summed E-state index contributed by atoms with van der Waals surface area (Å²) < 4.78 is 0. The lowest BCUT2D eigenvalue weighted by atomic mass is 10.3. The van der Waals surface area contributed by atoms with Gasteiger partial charge in [0.15, 0.2) is 5.13 Å².